The molecule has 10 rings (SSSR count). The monoisotopic (exact) mass is 1140 g/mol. The van der Waals surface area contributed by atoms with Gasteiger partial charge in [0.2, 0.25) is 0 Å². The SMILES string of the molecule is CC.CC.CC.CC(C)(C)c1ccc(C(C)(C)C)cc1.CCC.CCC.CCC.CCc1c2ccccc2c(CC)c2ccccc12.CCc1ccc(CC)cc1.c1ccc2ccccc2c1.c1ccccc1.c1ccccc1.c1ccccc1. The molecule has 10 aromatic carbocycles. The first-order chi connectivity index (χ1) is 41.1. The molecule has 0 aliphatic heterocycles. The van der Waals surface area contributed by atoms with Crippen molar-refractivity contribution in [2.75, 3.05) is 0 Å². The summed E-state index contributed by atoms with van der Waals surface area (Å²) in [5, 5.41) is 8.33. The summed E-state index contributed by atoms with van der Waals surface area (Å²) in [7, 11) is 0. The molecule has 0 bridgehead atoms. The fourth-order valence-electron chi connectivity index (χ4n) is 7.84. The highest BCUT2D eigenvalue weighted by Gasteiger charge is 2.17. The predicted molar refractivity (Wildman–Crippen MR) is 394 cm³/mol. The molecular weight excluding hydrogens is 1020 g/mol. The van der Waals surface area contributed by atoms with Crippen LogP contribution in [-0.2, 0) is 36.5 Å². The van der Waals surface area contributed by atoms with Gasteiger partial charge >= 0.3 is 0 Å². The van der Waals surface area contributed by atoms with E-state index in [-0.39, 0.29) is 10.8 Å². The summed E-state index contributed by atoms with van der Waals surface area (Å²) in [6.07, 6.45) is 8.21. The lowest BCUT2D eigenvalue weighted by Crippen LogP contribution is -2.14. The predicted octanol–water partition coefficient (Wildman–Crippen LogP) is 27.4. The standard InChI is InChI=1S/C18H18.C14H22.C10H8.C10H14.3C6H6.3C3H8.3C2H6/c1-3-13-15-9-5-7-11-17(15)14(4-2)18-12-8-6-10-16(13)18;1-13(2,3)11-7-9-12(10-8-11)14(4,5)6;1-2-6-10-8-4-3-7-9(10)5-1;1-3-9-5-7-10(4-2)8-6-9;3*1-2-4-6-5-3-1;3*1-3-2;3*1-2/h5-12H,3-4H2,1-2H3;7-10H,1-6H3;1-8H;5-8H,3-4H2,1-2H3;3*1-6H;3*3H2,1-2H3;3*1-2H3. The normalized spacial score (nSPS) is 9.39. The van der Waals surface area contributed by atoms with Gasteiger partial charge in [-0.3, -0.25) is 0 Å². The molecule has 0 fully saturated rings. The van der Waals surface area contributed by atoms with Crippen molar-refractivity contribution in [3.63, 3.8) is 0 Å². The molecule has 0 heterocycles. The van der Waals surface area contributed by atoms with E-state index in [0.29, 0.717) is 0 Å². The van der Waals surface area contributed by atoms with Gasteiger partial charge in [-0.05, 0) is 102 Å². The lowest BCUT2D eigenvalue weighted by molar-refractivity contribution is 0.577. The highest BCUT2D eigenvalue weighted by atomic mass is 14.2. The quantitative estimate of drug-likeness (QED) is 0.154. The molecule has 0 saturated carbocycles. The zero-order chi connectivity index (χ0) is 64.6. The molecule has 85 heavy (non-hydrogen) atoms. The minimum absolute atomic E-state index is 0.260. The molecule has 0 spiro atoms. The molecule has 0 radical (unpaired) electrons. The van der Waals surface area contributed by atoms with Crippen molar-refractivity contribution in [1.82, 2.24) is 0 Å². The molecule has 0 saturated heterocycles. The Hall–Kier alpha value is -7.02. The summed E-state index contributed by atoms with van der Waals surface area (Å²) < 4.78 is 0. The third kappa shape index (κ3) is 37.8. The molecule has 0 unspecified atom stereocenters. The molecule has 0 aliphatic carbocycles. The average Bonchev–Trinajstić information content (AvgIpc) is 3.34. The van der Waals surface area contributed by atoms with E-state index in [1.807, 2.05) is 151 Å². The largest absolute Gasteiger partial charge is 0.0683 e. The maximum Gasteiger partial charge on any atom is -0.0132 e. The Kier molecular flexibility index (Phi) is 53.1. The molecule has 0 nitrogen and oxygen atoms in total. The van der Waals surface area contributed by atoms with E-state index < -0.39 is 0 Å². The smallest absolute Gasteiger partial charge is 0.0132 e. The van der Waals surface area contributed by atoms with Gasteiger partial charge in [-0.25, -0.2) is 0 Å². The van der Waals surface area contributed by atoms with E-state index in [1.165, 1.54) is 85.0 Å². The first kappa shape index (κ1) is 82.2. The highest BCUT2D eigenvalue weighted by Crippen LogP contribution is 2.33. The zero-order valence-electron chi connectivity index (χ0n) is 58.2. The van der Waals surface area contributed by atoms with Crippen molar-refractivity contribution < 1.29 is 0 Å². The van der Waals surface area contributed by atoms with Crippen LogP contribution in [0.15, 0.2) is 255 Å². The van der Waals surface area contributed by atoms with Crippen LogP contribution in [0.3, 0.4) is 0 Å². The second-order valence-electron chi connectivity index (χ2n) is 21.3. The van der Waals surface area contributed by atoms with Gasteiger partial charge in [-0.2, -0.15) is 0 Å². The molecular formula is C85H122. The van der Waals surface area contributed by atoms with Crippen LogP contribution in [-0.4, -0.2) is 0 Å². The highest BCUT2D eigenvalue weighted by molar-refractivity contribution is 6.05. The van der Waals surface area contributed by atoms with Gasteiger partial charge < -0.3 is 0 Å². The van der Waals surface area contributed by atoms with E-state index in [9.17, 15) is 0 Å². The van der Waals surface area contributed by atoms with Crippen LogP contribution < -0.4 is 0 Å². The van der Waals surface area contributed by atoms with E-state index in [4.69, 9.17) is 0 Å². The Labute approximate surface area is 525 Å². The van der Waals surface area contributed by atoms with Gasteiger partial charge in [0.05, 0.1) is 0 Å². The molecule has 0 heteroatoms. The van der Waals surface area contributed by atoms with Crippen LogP contribution in [0.4, 0.5) is 0 Å². The maximum absolute atomic E-state index is 2.26. The fraction of sp³-hybridized carbons (Fsp3) is 0.365. The van der Waals surface area contributed by atoms with Crippen LogP contribution in [0.25, 0.3) is 32.3 Å². The van der Waals surface area contributed by atoms with Gasteiger partial charge in [0, 0.05) is 0 Å². The van der Waals surface area contributed by atoms with E-state index in [2.05, 4.69) is 256 Å². The molecule has 0 N–H and O–H groups in total. The van der Waals surface area contributed by atoms with Crippen molar-refractivity contribution in [3.05, 3.63) is 288 Å². The number of fused-ring (bicyclic) bond motifs is 3. The Morgan fingerprint density at radius 2 is 0.376 bits per heavy atom. The minimum Gasteiger partial charge on any atom is -0.0683 e. The van der Waals surface area contributed by atoms with Crippen LogP contribution in [0.5, 0.6) is 0 Å². The van der Waals surface area contributed by atoms with Crippen molar-refractivity contribution in [2.45, 2.75) is 208 Å². The summed E-state index contributed by atoms with van der Waals surface area (Å²) in [6, 6.07) is 88.2. The Morgan fingerprint density at radius 3 is 0.518 bits per heavy atom. The lowest BCUT2D eigenvalue weighted by Gasteiger charge is -2.23. The zero-order valence-corrected chi connectivity index (χ0v) is 58.2. The summed E-state index contributed by atoms with van der Waals surface area (Å²) in [5.74, 6) is 0. The average molecular weight is 1140 g/mol. The summed E-state index contributed by atoms with van der Waals surface area (Å²) >= 11 is 0. The third-order valence-electron chi connectivity index (χ3n) is 12.0. The molecule has 0 atom stereocenters. The fourth-order valence-corrected chi connectivity index (χ4v) is 7.84. The number of rotatable bonds is 4. The maximum atomic E-state index is 2.26. The summed E-state index contributed by atoms with van der Waals surface area (Å²) in [4.78, 5) is 0. The molecule has 0 aromatic heterocycles. The minimum atomic E-state index is 0.260. The Balaban J connectivity index is -0.000000913. The summed E-state index contributed by atoms with van der Waals surface area (Å²) in [5.41, 5.74) is 9.16. The van der Waals surface area contributed by atoms with E-state index >= 15 is 0 Å². The van der Waals surface area contributed by atoms with Crippen LogP contribution >= 0.6 is 0 Å². The van der Waals surface area contributed by atoms with E-state index in [0.717, 1.165) is 25.7 Å². The third-order valence-corrected chi connectivity index (χ3v) is 12.0. The lowest BCUT2D eigenvalue weighted by atomic mass is 9.82. The Bertz CT molecular complexity index is 2530. The number of hydrogen-bond donors (Lipinski definition) is 0. The van der Waals surface area contributed by atoms with Crippen molar-refractivity contribution in [3.8, 4) is 0 Å². The first-order valence-electron chi connectivity index (χ1n) is 32.7. The second kappa shape index (κ2) is 54.9. The van der Waals surface area contributed by atoms with Crippen LogP contribution in [0.2, 0.25) is 0 Å². The van der Waals surface area contributed by atoms with Crippen molar-refractivity contribution in [1.29, 1.82) is 0 Å². The van der Waals surface area contributed by atoms with E-state index in [1.54, 1.807) is 0 Å². The number of benzene rings is 10. The van der Waals surface area contributed by atoms with Gasteiger partial charge in [0.25, 0.3) is 0 Å². The van der Waals surface area contributed by atoms with Gasteiger partial charge in [0.1, 0.15) is 0 Å². The van der Waals surface area contributed by atoms with Gasteiger partial charge in [-0.1, -0.05) is 426 Å². The second-order valence-corrected chi connectivity index (χ2v) is 21.3. The van der Waals surface area contributed by atoms with Crippen molar-refractivity contribution >= 4 is 32.3 Å². The topological polar surface area (TPSA) is 0 Å². The van der Waals surface area contributed by atoms with Gasteiger partial charge in [0.15, 0.2) is 0 Å². The molecule has 0 aliphatic rings. The number of hydrogen-bond acceptors (Lipinski definition) is 0. The number of aryl methyl sites for hydroxylation is 4. The van der Waals surface area contributed by atoms with Crippen LogP contribution in [0.1, 0.15) is 205 Å². The van der Waals surface area contributed by atoms with Crippen molar-refractivity contribution in [2.24, 2.45) is 0 Å². The van der Waals surface area contributed by atoms with Crippen LogP contribution in [0, 0.1) is 0 Å². The molecule has 10 aromatic rings. The summed E-state index contributed by atoms with van der Waals surface area (Å²) in [6.45, 7) is 47.1. The molecule has 462 valence electrons. The Morgan fingerprint density at radius 1 is 0.212 bits per heavy atom. The first-order valence-corrected chi connectivity index (χ1v) is 32.7. The molecule has 0 amide bonds. The van der Waals surface area contributed by atoms with Gasteiger partial charge in [-0.15, -0.1) is 0 Å².